The van der Waals surface area contributed by atoms with Crippen molar-refractivity contribution in [3.05, 3.63) is 0 Å². The van der Waals surface area contributed by atoms with Crippen LogP contribution in [-0.4, -0.2) is 28.7 Å². The summed E-state index contributed by atoms with van der Waals surface area (Å²) in [6, 6.07) is 0. The van der Waals surface area contributed by atoms with Gasteiger partial charge >= 0.3 is 0 Å². The lowest BCUT2D eigenvalue weighted by molar-refractivity contribution is -0.124. The van der Waals surface area contributed by atoms with Crippen molar-refractivity contribution in [3.63, 3.8) is 0 Å². The van der Waals surface area contributed by atoms with Gasteiger partial charge in [0.15, 0.2) is 0 Å². The zero-order valence-electron chi connectivity index (χ0n) is 10.4. The fourth-order valence-electron chi connectivity index (χ4n) is 2.21. The Bertz CT molecular complexity index is 245. The minimum atomic E-state index is -0.553. The van der Waals surface area contributed by atoms with Crippen molar-refractivity contribution in [2.75, 3.05) is 6.61 Å². The molecule has 1 amide bonds. The Hall–Kier alpha value is -0.610. The monoisotopic (exact) mass is 228 g/mol. The Morgan fingerprint density at radius 1 is 1.38 bits per heavy atom. The van der Waals surface area contributed by atoms with Crippen molar-refractivity contribution < 1.29 is 9.90 Å². The quantitative estimate of drug-likeness (QED) is 0.670. The third-order valence-electron chi connectivity index (χ3n) is 3.24. The van der Waals surface area contributed by atoms with Crippen molar-refractivity contribution in [1.29, 1.82) is 0 Å². The number of amides is 1. The highest BCUT2D eigenvalue weighted by atomic mass is 16.3. The molecule has 0 unspecified atom stereocenters. The van der Waals surface area contributed by atoms with E-state index in [9.17, 15) is 4.79 Å². The first-order valence-corrected chi connectivity index (χ1v) is 6.08. The fourth-order valence-corrected chi connectivity index (χ4v) is 2.21. The van der Waals surface area contributed by atoms with Crippen LogP contribution in [0, 0.1) is 0 Å². The molecule has 0 heterocycles. The SMILES string of the molecule is CC(C)(CO)NC(=O)CC1(N)CCCCC1. The van der Waals surface area contributed by atoms with Crippen LogP contribution in [0.2, 0.25) is 0 Å². The second-order valence-corrected chi connectivity index (χ2v) is 5.69. The van der Waals surface area contributed by atoms with Gasteiger partial charge in [0, 0.05) is 12.0 Å². The van der Waals surface area contributed by atoms with Crippen LogP contribution in [0.25, 0.3) is 0 Å². The molecule has 0 bridgehead atoms. The Balaban J connectivity index is 2.44. The minimum absolute atomic E-state index is 0.0524. The molecule has 1 saturated carbocycles. The highest BCUT2D eigenvalue weighted by Crippen LogP contribution is 2.28. The van der Waals surface area contributed by atoms with Crippen molar-refractivity contribution in [2.45, 2.75) is 63.5 Å². The van der Waals surface area contributed by atoms with Crippen LogP contribution >= 0.6 is 0 Å². The Kier molecular flexibility index (Phi) is 4.33. The van der Waals surface area contributed by atoms with Crippen LogP contribution in [0.15, 0.2) is 0 Å². The summed E-state index contributed by atoms with van der Waals surface area (Å²) in [6.45, 7) is 3.54. The van der Waals surface area contributed by atoms with Crippen molar-refractivity contribution in [3.8, 4) is 0 Å². The van der Waals surface area contributed by atoms with Gasteiger partial charge in [-0.15, -0.1) is 0 Å². The molecular formula is C12H24N2O2. The van der Waals surface area contributed by atoms with Gasteiger partial charge in [-0.25, -0.2) is 0 Å². The van der Waals surface area contributed by atoms with E-state index in [1.807, 2.05) is 0 Å². The van der Waals surface area contributed by atoms with E-state index in [2.05, 4.69) is 5.32 Å². The van der Waals surface area contributed by atoms with E-state index in [0.29, 0.717) is 6.42 Å². The predicted molar refractivity (Wildman–Crippen MR) is 63.9 cm³/mol. The maximum absolute atomic E-state index is 11.8. The average Bonchev–Trinajstić information content (AvgIpc) is 2.17. The molecular weight excluding hydrogens is 204 g/mol. The number of carbonyl (C=O) groups excluding carboxylic acids is 1. The molecule has 0 aromatic rings. The standard InChI is InChI=1S/C12H24N2O2/c1-11(2,9-15)14-10(16)8-12(13)6-4-3-5-7-12/h15H,3-9,13H2,1-2H3,(H,14,16). The summed E-state index contributed by atoms with van der Waals surface area (Å²) in [4.78, 5) is 11.8. The van der Waals surface area contributed by atoms with Gasteiger partial charge < -0.3 is 16.2 Å². The number of aliphatic hydroxyl groups excluding tert-OH is 1. The van der Waals surface area contributed by atoms with Gasteiger partial charge in [-0.3, -0.25) is 4.79 Å². The fraction of sp³-hybridized carbons (Fsp3) is 0.917. The number of rotatable bonds is 4. The lowest BCUT2D eigenvalue weighted by atomic mass is 9.80. The van der Waals surface area contributed by atoms with Crippen molar-refractivity contribution >= 4 is 5.91 Å². The summed E-state index contributed by atoms with van der Waals surface area (Å²) < 4.78 is 0. The Morgan fingerprint density at radius 2 is 1.94 bits per heavy atom. The van der Waals surface area contributed by atoms with Gasteiger partial charge in [-0.2, -0.15) is 0 Å². The number of hydrogen-bond donors (Lipinski definition) is 3. The number of hydrogen-bond acceptors (Lipinski definition) is 3. The first kappa shape index (κ1) is 13.5. The first-order valence-electron chi connectivity index (χ1n) is 6.08. The van der Waals surface area contributed by atoms with Crippen LogP contribution in [0.3, 0.4) is 0 Å². The van der Waals surface area contributed by atoms with E-state index in [1.54, 1.807) is 13.8 Å². The minimum Gasteiger partial charge on any atom is -0.394 e. The van der Waals surface area contributed by atoms with Crippen LogP contribution < -0.4 is 11.1 Å². The van der Waals surface area contributed by atoms with Crippen LogP contribution in [0.4, 0.5) is 0 Å². The highest BCUT2D eigenvalue weighted by molar-refractivity contribution is 5.78. The molecule has 94 valence electrons. The summed E-state index contributed by atoms with van der Waals surface area (Å²) in [6.07, 6.45) is 5.69. The van der Waals surface area contributed by atoms with Gasteiger partial charge in [-0.05, 0) is 26.7 Å². The maximum Gasteiger partial charge on any atom is 0.222 e. The van der Waals surface area contributed by atoms with Crippen molar-refractivity contribution in [1.82, 2.24) is 5.32 Å². The van der Waals surface area contributed by atoms with Gasteiger partial charge in [-0.1, -0.05) is 19.3 Å². The summed E-state index contributed by atoms with van der Waals surface area (Å²) in [5.74, 6) is -0.0524. The summed E-state index contributed by atoms with van der Waals surface area (Å²) in [5.41, 5.74) is 5.32. The lowest BCUT2D eigenvalue weighted by Crippen LogP contribution is -2.51. The van der Waals surface area contributed by atoms with Crippen molar-refractivity contribution in [2.24, 2.45) is 5.73 Å². The van der Waals surface area contributed by atoms with E-state index in [0.717, 1.165) is 25.7 Å². The molecule has 0 saturated heterocycles. The molecule has 4 nitrogen and oxygen atoms in total. The molecule has 0 atom stereocenters. The van der Waals surface area contributed by atoms with E-state index >= 15 is 0 Å². The molecule has 1 fully saturated rings. The molecule has 1 aliphatic rings. The van der Waals surface area contributed by atoms with E-state index in [1.165, 1.54) is 6.42 Å². The molecule has 1 rings (SSSR count). The summed E-state index contributed by atoms with van der Waals surface area (Å²) in [5, 5.41) is 11.9. The number of aliphatic hydroxyl groups is 1. The van der Waals surface area contributed by atoms with Gasteiger partial charge in [0.2, 0.25) is 5.91 Å². The van der Waals surface area contributed by atoms with E-state index in [4.69, 9.17) is 10.8 Å². The topological polar surface area (TPSA) is 75.3 Å². The van der Waals surface area contributed by atoms with E-state index in [-0.39, 0.29) is 18.1 Å². The zero-order chi connectivity index (χ0) is 12.2. The molecule has 4 heteroatoms. The van der Waals surface area contributed by atoms with Crippen LogP contribution in [-0.2, 0) is 4.79 Å². The smallest absolute Gasteiger partial charge is 0.222 e. The van der Waals surface area contributed by atoms with Gasteiger partial charge in [0.1, 0.15) is 0 Å². The molecule has 0 radical (unpaired) electrons. The van der Waals surface area contributed by atoms with Gasteiger partial charge in [0.25, 0.3) is 0 Å². The second kappa shape index (κ2) is 5.15. The zero-order valence-corrected chi connectivity index (χ0v) is 10.4. The molecule has 4 N–H and O–H groups in total. The third kappa shape index (κ3) is 4.10. The maximum atomic E-state index is 11.8. The molecule has 0 spiro atoms. The molecule has 0 aliphatic heterocycles. The third-order valence-corrected chi connectivity index (χ3v) is 3.24. The Morgan fingerprint density at radius 3 is 2.44 bits per heavy atom. The average molecular weight is 228 g/mol. The number of nitrogens with one attached hydrogen (secondary N) is 1. The summed E-state index contributed by atoms with van der Waals surface area (Å²) in [7, 11) is 0. The number of carbonyl (C=O) groups is 1. The molecule has 16 heavy (non-hydrogen) atoms. The second-order valence-electron chi connectivity index (χ2n) is 5.69. The van der Waals surface area contributed by atoms with E-state index < -0.39 is 5.54 Å². The highest BCUT2D eigenvalue weighted by Gasteiger charge is 2.31. The largest absolute Gasteiger partial charge is 0.394 e. The lowest BCUT2D eigenvalue weighted by Gasteiger charge is -2.34. The summed E-state index contributed by atoms with van der Waals surface area (Å²) >= 11 is 0. The normalized spacial score (nSPS) is 20.5. The first-order chi connectivity index (χ1) is 7.37. The predicted octanol–water partition coefficient (Wildman–Crippen LogP) is 0.925. The molecule has 1 aliphatic carbocycles. The number of nitrogens with two attached hydrogens (primary N) is 1. The Labute approximate surface area is 97.6 Å². The van der Waals surface area contributed by atoms with Crippen LogP contribution in [0.1, 0.15) is 52.4 Å². The molecule has 0 aromatic heterocycles. The molecule has 0 aromatic carbocycles. The van der Waals surface area contributed by atoms with Crippen LogP contribution in [0.5, 0.6) is 0 Å². The van der Waals surface area contributed by atoms with Gasteiger partial charge in [0.05, 0.1) is 12.1 Å².